The predicted molar refractivity (Wildman–Crippen MR) is 102 cm³/mol. The number of nitrogen functional groups attached to an aromatic ring is 1. The third-order valence-electron chi connectivity index (χ3n) is 3.90. The molecule has 1 amide bonds. The molecule has 11 nitrogen and oxygen atoms in total. The Bertz CT molecular complexity index is 1170. The monoisotopic (exact) mass is 390 g/mol. The van der Waals surface area contributed by atoms with Crippen LogP contribution in [-0.4, -0.2) is 42.5 Å². The van der Waals surface area contributed by atoms with Gasteiger partial charge in [0, 0.05) is 5.56 Å². The number of benzene rings is 2. The largest absolute Gasteiger partial charge is 0.508 e. The fourth-order valence-electron chi connectivity index (χ4n) is 2.54. The molecule has 4 N–H and O–H groups in total. The standard InChI is InChI=1S/C18H14N8O3/c19-16-17(24-29-23-16)26-15(14(21-25-26)12-4-2-1-3-5-12)18(28)22-20-10-11-6-8-13(27)9-7-11/h1-10,27H,(H2,19,23)(H,22,28)/b20-10+. The number of phenols is 1. The van der Waals surface area contributed by atoms with Gasteiger partial charge in [-0.2, -0.15) is 9.78 Å². The number of aromatic hydroxyl groups is 1. The molecule has 4 aromatic rings. The van der Waals surface area contributed by atoms with Crippen molar-refractivity contribution in [2.24, 2.45) is 5.10 Å². The molecule has 2 heterocycles. The predicted octanol–water partition coefficient (Wildman–Crippen LogP) is 1.37. The first-order valence-electron chi connectivity index (χ1n) is 8.35. The molecule has 0 atom stereocenters. The van der Waals surface area contributed by atoms with Crippen LogP contribution in [0.15, 0.2) is 64.3 Å². The van der Waals surface area contributed by atoms with E-state index in [0.717, 1.165) is 4.68 Å². The molecule has 0 unspecified atom stereocenters. The van der Waals surface area contributed by atoms with Crippen molar-refractivity contribution in [3.63, 3.8) is 0 Å². The molecule has 0 saturated carbocycles. The number of hydrazone groups is 1. The second-order valence-corrected chi connectivity index (χ2v) is 5.83. The van der Waals surface area contributed by atoms with Crippen molar-refractivity contribution < 1.29 is 14.5 Å². The molecule has 0 spiro atoms. The fraction of sp³-hybridized carbons (Fsp3) is 0. The van der Waals surface area contributed by atoms with E-state index >= 15 is 0 Å². The third-order valence-corrected chi connectivity index (χ3v) is 3.90. The Hall–Kier alpha value is -4.54. The number of rotatable bonds is 5. The number of anilines is 1. The van der Waals surface area contributed by atoms with Crippen LogP contribution in [0, 0.1) is 0 Å². The summed E-state index contributed by atoms with van der Waals surface area (Å²) in [6, 6.07) is 15.4. The van der Waals surface area contributed by atoms with E-state index in [-0.39, 0.29) is 23.1 Å². The highest BCUT2D eigenvalue weighted by atomic mass is 16.6. The van der Waals surface area contributed by atoms with Gasteiger partial charge in [0.05, 0.1) is 6.21 Å². The number of carbonyl (C=O) groups excluding carboxylic acids is 1. The van der Waals surface area contributed by atoms with Gasteiger partial charge in [0.1, 0.15) is 11.4 Å². The molecule has 0 fully saturated rings. The first-order valence-corrected chi connectivity index (χ1v) is 8.35. The van der Waals surface area contributed by atoms with Crippen LogP contribution in [0.3, 0.4) is 0 Å². The molecule has 2 aromatic carbocycles. The van der Waals surface area contributed by atoms with E-state index in [0.29, 0.717) is 16.8 Å². The summed E-state index contributed by atoms with van der Waals surface area (Å²) in [5.41, 5.74) is 9.89. The summed E-state index contributed by atoms with van der Waals surface area (Å²) < 4.78 is 5.74. The number of amides is 1. The number of nitrogens with one attached hydrogen (secondary N) is 1. The summed E-state index contributed by atoms with van der Waals surface area (Å²) in [6.07, 6.45) is 1.43. The van der Waals surface area contributed by atoms with Crippen LogP contribution in [0.5, 0.6) is 5.75 Å². The zero-order valence-electron chi connectivity index (χ0n) is 14.8. The van der Waals surface area contributed by atoms with Crippen LogP contribution < -0.4 is 11.2 Å². The van der Waals surface area contributed by atoms with Crippen molar-refractivity contribution in [3.8, 4) is 22.8 Å². The van der Waals surface area contributed by atoms with Crippen molar-refractivity contribution in [3.05, 3.63) is 65.9 Å². The van der Waals surface area contributed by atoms with Gasteiger partial charge in [-0.25, -0.2) is 10.1 Å². The lowest BCUT2D eigenvalue weighted by Gasteiger charge is -2.04. The Morgan fingerprint density at radius 2 is 1.90 bits per heavy atom. The molecule has 0 bridgehead atoms. The number of carbonyl (C=O) groups is 1. The van der Waals surface area contributed by atoms with Crippen LogP contribution in [-0.2, 0) is 0 Å². The first kappa shape index (κ1) is 17.9. The highest BCUT2D eigenvalue weighted by Crippen LogP contribution is 2.24. The van der Waals surface area contributed by atoms with Crippen molar-refractivity contribution in [1.82, 2.24) is 30.7 Å². The van der Waals surface area contributed by atoms with E-state index in [9.17, 15) is 9.90 Å². The van der Waals surface area contributed by atoms with Gasteiger partial charge in [0.25, 0.3) is 5.91 Å². The molecule has 4 rings (SSSR count). The summed E-state index contributed by atoms with van der Waals surface area (Å²) >= 11 is 0. The Morgan fingerprint density at radius 1 is 1.14 bits per heavy atom. The van der Waals surface area contributed by atoms with Crippen molar-refractivity contribution in [2.75, 3.05) is 5.73 Å². The lowest BCUT2D eigenvalue weighted by Crippen LogP contribution is -2.22. The number of nitrogens with two attached hydrogens (primary N) is 1. The van der Waals surface area contributed by atoms with Gasteiger partial charge >= 0.3 is 0 Å². The van der Waals surface area contributed by atoms with E-state index < -0.39 is 5.91 Å². The summed E-state index contributed by atoms with van der Waals surface area (Å²) in [5.74, 6) is -0.470. The highest BCUT2D eigenvalue weighted by molar-refractivity contribution is 5.99. The lowest BCUT2D eigenvalue weighted by molar-refractivity contribution is 0.0948. The number of nitrogens with zero attached hydrogens (tertiary/aromatic N) is 6. The molecule has 11 heteroatoms. The van der Waals surface area contributed by atoms with Crippen LogP contribution in [0.1, 0.15) is 16.1 Å². The second kappa shape index (κ2) is 7.60. The maximum atomic E-state index is 12.9. The number of hydrogen-bond acceptors (Lipinski definition) is 9. The molecule has 144 valence electrons. The second-order valence-electron chi connectivity index (χ2n) is 5.83. The van der Waals surface area contributed by atoms with Gasteiger partial charge in [-0.15, -0.1) is 5.10 Å². The van der Waals surface area contributed by atoms with E-state index in [1.807, 2.05) is 18.2 Å². The van der Waals surface area contributed by atoms with Gasteiger partial charge in [0.15, 0.2) is 5.69 Å². The smallest absolute Gasteiger partial charge is 0.292 e. The third kappa shape index (κ3) is 3.64. The van der Waals surface area contributed by atoms with Crippen molar-refractivity contribution in [1.29, 1.82) is 0 Å². The summed E-state index contributed by atoms with van der Waals surface area (Å²) in [7, 11) is 0. The van der Waals surface area contributed by atoms with Crippen LogP contribution in [0.2, 0.25) is 0 Å². The lowest BCUT2D eigenvalue weighted by atomic mass is 10.1. The average Bonchev–Trinajstić information content (AvgIpc) is 3.36. The van der Waals surface area contributed by atoms with Crippen molar-refractivity contribution >= 4 is 17.9 Å². The van der Waals surface area contributed by atoms with Gasteiger partial charge in [-0.3, -0.25) is 4.79 Å². The van der Waals surface area contributed by atoms with Crippen LogP contribution in [0.25, 0.3) is 17.1 Å². The van der Waals surface area contributed by atoms with Crippen LogP contribution >= 0.6 is 0 Å². The molecule has 0 radical (unpaired) electrons. The zero-order chi connectivity index (χ0) is 20.2. The molecule has 29 heavy (non-hydrogen) atoms. The van der Waals surface area contributed by atoms with E-state index in [1.54, 1.807) is 24.3 Å². The molecule has 0 saturated heterocycles. The molecule has 0 aliphatic heterocycles. The van der Waals surface area contributed by atoms with Crippen molar-refractivity contribution in [2.45, 2.75) is 0 Å². The Balaban J connectivity index is 1.68. The first-order chi connectivity index (χ1) is 14.1. The van der Waals surface area contributed by atoms with Gasteiger partial charge in [-0.05, 0) is 40.1 Å². The normalized spacial score (nSPS) is 11.0. The topological polar surface area (TPSA) is 157 Å². The summed E-state index contributed by atoms with van der Waals surface area (Å²) in [6.45, 7) is 0. The van der Waals surface area contributed by atoms with E-state index in [1.165, 1.54) is 18.3 Å². The fourth-order valence-corrected chi connectivity index (χ4v) is 2.54. The molecular weight excluding hydrogens is 376 g/mol. The maximum Gasteiger partial charge on any atom is 0.292 e. The number of aromatic nitrogens is 5. The summed E-state index contributed by atoms with van der Waals surface area (Å²) in [4.78, 5) is 12.9. The van der Waals surface area contributed by atoms with E-state index in [4.69, 9.17) is 5.73 Å². The number of hydrogen-bond donors (Lipinski definition) is 3. The Kier molecular flexibility index (Phi) is 4.68. The van der Waals surface area contributed by atoms with Gasteiger partial charge < -0.3 is 10.8 Å². The van der Waals surface area contributed by atoms with E-state index in [2.05, 4.69) is 35.8 Å². The summed E-state index contributed by atoms with van der Waals surface area (Å²) in [5, 5.41) is 28.5. The van der Waals surface area contributed by atoms with Gasteiger partial charge in [-0.1, -0.05) is 35.5 Å². The maximum absolute atomic E-state index is 12.9. The minimum absolute atomic E-state index is 0.0346. The molecule has 0 aliphatic carbocycles. The zero-order valence-corrected chi connectivity index (χ0v) is 14.8. The minimum atomic E-state index is -0.591. The van der Waals surface area contributed by atoms with Gasteiger partial charge in [0.2, 0.25) is 11.6 Å². The molecule has 0 aliphatic rings. The average molecular weight is 390 g/mol. The highest BCUT2D eigenvalue weighted by Gasteiger charge is 2.25. The Labute approximate surface area is 163 Å². The molecular formula is C18H14N8O3. The SMILES string of the molecule is Nc1nonc1-n1nnc(-c2ccccc2)c1C(=O)N/N=C/c1ccc(O)cc1. The Morgan fingerprint density at radius 3 is 2.59 bits per heavy atom. The molecule has 2 aromatic heterocycles. The van der Waals surface area contributed by atoms with Crippen LogP contribution in [0.4, 0.5) is 5.82 Å². The number of phenolic OH excluding ortho intramolecular Hbond substituents is 1. The minimum Gasteiger partial charge on any atom is -0.508 e. The quantitative estimate of drug-likeness (QED) is 0.340.